The van der Waals surface area contributed by atoms with Crippen LogP contribution in [-0.2, 0) is 21.9 Å². The van der Waals surface area contributed by atoms with Gasteiger partial charge in [0, 0.05) is 0 Å². The Bertz CT molecular complexity index is 1100. The van der Waals surface area contributed by atoms with E-state index in [9.17, 15) is 44.7 Å². The molecule has 1 aromatic heterocycles. The Morgan fingerprint density at radius 2 is 1.97 bits per heavy atom. The molecule has 0 radical (unpaired) electrons. The number of hydrogen-bond acceptors (Lipinski definition) is 13. The highest BCUT2D eigenvalue weighted by Crippen LogP contribution is 2.44. The number of phenols is 1. The Morgan fingerprint density at radius 3 is 2.56 bits per heavy atom. The molecule has 0 saturated carbocycles. The number of hydrogen-bond donors (Lipinski definition) is 7. The minimum Gasteiger partial charge on any atom is -0.508 e. The van der Waals surface area contributed by atoms with Gasteiger partial charge in [0.15, 0.2) is 0 Å². The van der Waals surface area contributed by atoms with E-state index in [4.69, 9.17) is 10.5 Å². The first-order chi connectivity index (χ1) is 16.0. The van der Waals surface area contributed by atoms with Crippen molar-refractivity contribution < 1.29 is 49.4 Å². The largest absolute Gasteiger partial charge is 0.508 e. The molecule has 0 bridgehead atoms. The highest BCUT2D eigenvalue weighted by molar-refractivity contribution is 5.93. The Morgan fingerprint density at radius 1 is 1.32 bits per heavy atom. The lowest BCUT2D eigenvalue weighted by molar-refractivity contribution is -0.413. The van der Waals surface area contributed by atoms with Gasteiger partial charge in [0.2, 0.25) is 5.72 Å². The predicted octanol–water partition coefficient (Wildman–Crippen LogP) is -2.41. The minimum atomic E-state index is -3.41. The van der Waals surface area contributed by atoms with Gasteiger partial charge in [-0.1, -0.05) is 12.1 Å². The van der Waals surface area contributed by atoms with Crippen LogP contribution in [0.5, 0.6) is 5.75 Å². The van der Waals surface area contributed by atoms with E-state index >= 15 is 0 Å². The number of aromatic hydroxyl groups is 1. The first kappa shape index (κ1) is 25.4. The molecular formula is C19H23FN4O10. The maximum absolute atomic E-state index is 12.6. The Kier molecular flexibility index (Phi) is 7.18. The number of rotatable bonds is 8. The van der Waals surface area contributed by atoms with E-state index in [2.05, 4.69) is 9.72 Å². The number of carbonyl (C=O) groups excluding carboxylic acids is 1. The Hall–Kier alpha value is -3.18. The van der Waals surface area contributed by atoms with E-state index in [0.29, 0.717) is 6.20 Å². The van der Waals surface area contributed by atoms with Crippen molar-refractivity contribution in [1.29, 1.82) is 0 Å². The summed E-state index contributed by atoms with van der Waals surface area (Å²) >= 11 is 0. The van der Waals surface area contributed by atoms with Crippen LogP contribution in [0.3, 0.4) is 0 Å². The Labute approximate surface area is 190 Å². The number of nitrogen functional groups attached to an aromatic ring is 1. The summed E-state index contributed by atoms with van der Waals surface area (Å²) in [5.41, 5.74) is 0.835. The Balaban J connectivity index is 2.13. The lowest BCUT2D eigenvalue weighted by Gasteiger charge is -2.42. The number of aliphatic hydroxyl groups is 4. The number of esters is 1. The standard InChI is InChI=1S/C19H23FN4O10/c20-5-6-33-16(28)12-7-22-17(29)24(15(12)21)19(31)18(30,14(27)13(9-25)34-19)23(32)8-10-1-3-11(26)4-2-10/h1-4,7,13-14,25-27,30-32H,5-6,8-9,21H2/t13-,14-,18-,19+/m1/s1. The first-order valence-corrected chi connectivity index (χ1v) is 9.78. The second kappa shape index (κ2) is 9.59. The summed E-state index contributed by atoms with van der Waals surface area (Å²) in [4.78, 5) is 28.1. The average molecular weight is 486 g/mol. The van der Waals surface area contributed by atoms with Crippen LogP contribution in [-0.4, -0.2) is 89.1 Å². The number of nitrogens with zero attached hydrogens (tertiary/aromatic N) is 3. The fourth-order valence-corrected chi connectivity index (χ4v) is 3.51. The number of anilines is 1. The zero-order valence-electron chi connectivity index (χ0n) is 17.5. The lowest BCUT2D eigenvalue weighted by Crippen LogP contribution is -2.68. The molecule has 1 saturated heterocycles. The predicted molar refractivity (Wildman–Crippen MR) is 108 cm³/mol. The van der Waals surface area contributed by atoms with Gasteiger partial charge < -0.3 is 45.9 Å². The van der Waals surface area contributed by atoms with Gasteiger partial charge in [-0.15, -0.1) is 5.06 Å². The summed E-state index contributed by atoms with van der Waals surface area (Å²) in [6.45, 7) is -3.26. The number of phenolic OH excluding ortho intramolecular Hbond substituents is 1. The van der Waals surface area contributed by atoms with Crippen LogP contribution in [0.15, 0.2) is 35.3 Å². The van der Waals surface area contributed by atoms with Crippen LogP contribution in [0.25, 0.3) is 0 Å². The van der Waals surface area contributed by atoms with E-state index < -0.39 is 73.3 Å². The lowest BCUT2D eigenvalue weighted by atomic mass is 10.00. The summed E-state index contributed by atoms with van der Waals surface area (Å²) in [6, 6.07) is 5.21. The molecule has 34 heavy (non-hydrogen) atoms. The smallest absolute Gasteiger partial charge is 0.353 e. The third kappa shape index (κ3) is 4.09. The number of ether oxygens (including phenoxy) is 2. The summed E-state index contributed by atoms with van der Waals surface area (Å²) in [6.07, 6.45) is -3.31. The number of aromatic nitrogens is 2. The molecule has 1 aliphatic heterocycles. The van der Waals surface area contributed by atoms with Crippen molar-refractivity contribution in [1.82, 2.24) is 14.6 Å². The maximum Gasteiger partial charge on any atom is 0.353 e. The number of aliphatic hydroxyl groups excluding tert-OH is 2. The van der Waals surface area contributed by atoms with Gasteiger partial charge in [0.05, 0.1) is 19.3 Å². The molecular weight excluding hydrogens is 463 g/mol. The van der Waals surface area contributed by atoms with Crippen LogP contribution in [0.1, 0.15) is 15.9 Å². The van der Waals surface area contributed by atoms with Crippen molar-refractivity contribution in [3.05, 3.63) is 52.1 Å². The number of benzene rings is 1. The van der Waals surface area contributed by atoms with Gasteiger partial charge >= 0.3 is 17.6 Å². The van der Waals surface area contributed by atoms with Crippen molar-refractivity contribution in [3.63, 3.8) is 0 Å². The molecule has 0 unspecified atom stereocenters. The third-order valence-electron chi connectivity index (χ3n) is 5.25. The van der Waals surface area contributed by atoms with Gasteiger partial charge in [-0.2, -0.15) is 0 Å². The first-order valence-electron chi connectivity index (χ1n) is 9.78. The van der Waals surface area contributed by atoms with Gasteiger partial charge in [-0.05, 0) is 17.7 Å². The molecule has 0 aliphatic carbocycles. The van der Waals surface area contributed by atoms with E-state index in [1.54, 1.807) is 0 Å². The number of halogens is 1. The fourth-order valence-electron chi connectivity index (χ4n) is 3.51. The van der Waals surface area contributed by atoms with Crippen LogP contribution >= 0.6 is 0 Å². The van der Waals surface area contributed by atoms with Crippen molar-refractivity contribution in [2.75, 3.05) is 25.6 Å². The van der Waals surface area contributed by atoms with Gasteiger partial charge in [0.1, 0.15) is 42.6 Å². The number of nitrogens with two attached hydrogens (primary N) is 1. The molecule has 15 heteroatoms. The summed E-state index contributed by atoms with van der Waals surface area (Å²) in [5, 5.41) is 63.0. The van der Waals surface area contributed by atoms with E-state index in [0.717, 1.165) is 0 Å². The monoisotopic (exact) mass is 486 g/mol. The highest BCUT2D eigenvalue weighted by atomic mass is 19.1. The molecule has 186 valence electrons. The average Bonchev–Trinajstić information content (AvgIpc) is 3.01. The van der Waals surface area contributed by atoms with Crippen LogP contribution in [0.4, 0.5) is 10.2 Å². The second-order valence-electron chi connectivity index (χ2n) is 7.34. The van der Waals surface area contributed by atoms with Gasteiger partial charge in [0.25, 0.3) is 0 Å². The van der Waals surface area contributed by atoms with Crippen molar-refractivity contribution in [3.8, 4) is 5.75 Å². The molecule has 14 nitrogen and oxygen atoms in total. The molecule has 0 amide bonds. The minimum absolute atomic E-state index is 0.0275. The van der Waals surface area contributed by atoms with Crippen LogP contribution in [0, 0.1) is 0 Å². The van der Waals surface area contributed by atoms with Crippen molar-refractivity contribution >= 4 is 11.8 Å². The van der Waals surface area contributed by atoms with Crippen LogP contribution < -0.4 is 11.4 Å². The van der Waals surface area contributed by atoms with Gasteiger partial charge in [-0.25, -0.2) is 23.5 Å². The third-order valence-corrected chi connectivity index (χ3v) is 5.25. The second-order valence-corrected chi connectivity index (χ2v) is 7.34. The molecule has 2 aromatic rings. The summed E-state index contributed by atoms with van der Waals surface area (Å²) in [5.74, 6) is -5.61. The molecule has 2 heterocycles. The molecule has 0 spiro atoms. The van der Waals surface area contributed by atoms with Crippen LogP contribution in [0.2, 0.25) is 0 Å². The molecule has 4 atom stereocenters. The summed E-state index contributed by atoms with van der Waals surface area (Å²) < 4.78 is 22.2. The van der Waals surface area contributed by atoms with E-state index in [1.807, 2.05) is 0 Å². The molecule has 1 fully saturated rings. The normalized spacial score (nSPS) is 26.7. The van der Waals surface area contributed by atoms with Gasteiger partial charge in [-0.3, -0.25) is 0 Å². The molecule has 8 N–H and O–H groups in total. The van der Waals surface area contributed by atoms with E-state index in [-0.39, 0.29) is 20.9 Å². The fraction of sp³-hybridized carbons (Fsp3) is 0.421. The van der Waals surface area contributed by atoms with Crippen molar-refractivity contribution in [2.45, 2.75) is 30.4 Å². The number of alkyl halides is 1. The van der Waals surface area contributed by atoms with Crippen molar-refractivity contribution in [2.24, 2.45) is 0 Å². The quantitative estimate of drug-likeness (QED) is 0.118. The highest BCUT2D eigenvalue weighted by Gasteiger charge is 2.70. The molecule has 1 aromatic carbocycles. The number of carbonyl (C=O) groups is 1. The zero-order chi connectivity index (χ0) is 25.3. The molecule has 1 aliphatic rings. The topological polar surface area (TPSA) is 221 Å². The molecule has 3 rings (SSSR count). The summed E-state index contributed by atoms with van der Waals surface area (Å²) in [7, 11) is 0. The maximum atomic E-state index is 12.6. The zero-order valence-corrected chi connectivity index (χ0v) is 17.5. The van der Waals surface area contributed by atoms with E-state index in [1.165, 1.54) is 24.3 Å². The number of hydroxylamine groups is 2. The SMILES string of the molecule is Nc1c(C(=O)OCCF)cnc(=O)n1[C@@]1(O)O[C@H](CO)[C@@H](O)[C@]1(O)N(O)Cc1ccc(O)cc1.